The number of fused-ring (bicyclic) bond motifs is 1. The van der Waals surface area contributed by atoms with Crippen molar-refractivity contribution in [2.24, 2.45) is 5.92 Å². The molecule has 0 radical (unpaired) electrons. The molecule has 0 aliphatic heterocycles. The van der Waals surface area contributed by atoms with Gasteiger partial charge in [0.1, 0.15) is 11.8 Å². The first-order chi connectivity index (χ1) is 14.5. The van der Waals surface area contributed by atoms with Crippen molar-refractivity contribution in [2.45, 2.75) is 32.7 Å². The maximum absolute atomic E-state index is 12.7. The number of methoxy groups -OCH3 is 1. The topological polar surface area (TPSA) is 80.3 Å². The average molecular weight is 426 g/mol. The zero-order valence-corrected chi connectivity index (χ0v) is 18.3. The zero-order valence-electron chi connectivity index (χ0n) is 17.5. The molecule has 2 aromatic carbocycles. The van der Waals surface area contributed by atoms with Gasteiger partial charge in [-0.05, 0) is 36.6 Å². The first-order valence-corrected chi connectivity index (χ1v) is 10.9. The van der Waals surface area contributed by atoms with Gasteiger partial charge in [-0.3, -0.25) is 9.59 Å². The van der Waals surface area contributed by atoms with Crippen LogP contribution in [0.3, 0.4) is 0 Å². The van der Waals surface area contributed by atoms with Gasteiger partial charge in [-0.15, -0.1) is 11.3 Å². The highest BCUT2D eigenvalue weighted by Gasteiger charge is 2.25. The third-order valence-electron chi connectivity index (χ3n) is 4.79. The average Bonchev–Trinajstić information content (AvgIpc) is 3.17. The summed E-state index contributed by atoms with van der Waals surface area (Å²) in [6.07, 6.45) is 1.59. The molecule has 0 spiro atoms. The number of aryl methyl sites for hydroxylation is 1. The third-order valence-corrected chi connectivity index (χ3v) is 5.89. The lowest BCUT2D eigenvalue weighted by molar-refractivity contribution is -0.123. The van der Waals surface area contributed by atoms with E-state index < -0.39 is 6.04 Å². The molecule has 2 N–H and O–H groups in total. The maximum atomic E-state index is 12.7. The zero-order chi connectivity index (χ0) is 21.5. The molecule has 1 atom stereocenters. The van der Waals surface area contributed by atoms with Gasteiger partial charge >= 0.3 is 0 Å². The van der Waals surface area contributed by atoms with Crippen LogP contribution in [0.1, 0.15) is 35.6 Å². The fourth-order valence-corrected chi connectivity index (χ4v) is 4.18. The van der Waals surface area contributed by atoms with E-state index >= 15 is 0 Å². The number of hydrogen-bond acceptors (Lipinski definition) is 5. The molecule has 0 saturated carbocycles. The third kappa shape index (κ3) is 5.36. The number of carbonyl (C=O) groups excluding carboxylic acids is 2. The van der Waals surface area contributed by atoms with Crippen molar-refractivity contribution in [3.63, 3.8) is 0 Å². The number of rotatable bonds is 9. The van der Waals surface area contributed by atoms with Gasteiger partial charge in [0.05, 0.1) is 27.9 Å². The van der Waals surface area contributed by atoms with E-state index in [1.165, 1.54) is 11.8 Å². The summed E-state index contributed by atoms with van der Waals surface area (Å²) in [6, 6.07) is 14.4. The minimum atomic E-state index is -0.620. The molecular weight excluding hydrogens is 398 g/mol. The molecule has 6 nitrogen and oxygen atoms in total. The van der Waals surface area contributed by atoms with Crippen LogP contribution in [0.15, 0.2) is 48.5 Å². The number of benzene rings is 2. The van der Waals surface area contributed by atoms with Crippen LogP contribution in [0.4, 0.5) is 0 Å². The molecule has 0 aliphatic carbocycles. The molecule has 0 bridgehead atoms. The van der Waals surface area contributed by atoms with Crippen LogP contribution in [0.5, 0.6) is 5.75 Å². The van der Waals surface area contributed by atoms with Crippen molar-refractivity contribution in [3.05, 3.63) is 59.1 Å². The van der Waals surface area contributed by atoms with E-state index in [1.807, 2.05) is 32.0 Å². The second kappa shape index (κ2) is 10.2. The van der Waals surface area contributed by atoms with Gasteiger partial charge in [-0.1, -0.05) is 38.1 Å². The molecule has 3 aromatic rings. The Morgan fingerprint density at radius 3 is 2.57 bits per heavy atom. The van der Waals surface area contributed by atoms with Gasteiger partial charge < -0.3 is 15.4 Å². The number of aromatic nitrogens is 1. The van der Waals surface area contributed by atoms with Crippen molar-refractivity contribution in [2.75, 3.05) is 13.7 Å². The fraction of sp³-hybridized carbons (Fsp3) is 0.348. The molecule has 0 saturated heterocycles. The lowest BCUT2D eigenvalue weighted by atomic mass is 10.0. The van der Waals surface area contributed by atoms with Crippen LogP contribution in [0.25, 0.3) is 10.2 Å². The van der Waals surface area contributed by atoms with E-state index in [4.69, 9.17) is 4.74 Å². The fourth-order valence-electron chi connectivity index (χ4n) is 3.17. The molecular formula is C23H27N3O3S. The standard InChI is InChI=1S/C23H27N3O3S/c1-15(2)21(26-22(27)16-9-4-6-11-18(16)29-3)23(28)24-14-8-13-20-25-17-10-5-7-12-19(17)30-20/h4-7,9-12,15,21H,8,13-14H2,1-3H3,(H,24,28)(H,26,27). The first-order valence-electron chi connectivity index (χ1n) is 10.1. The van der Waals surface area contributed by atoms with Gasteiger partial charge in [-0.25, -0.2) is 4.98 Å². The summed E-state index contributed by atoms with van der Waals surface area (Å²) in [5.74, 6) is -0.0741. The summed E-state index contributed by atoms with van der Waals surface area (Å²) in [6.45, 7) is 4.35. The highest BCUT2D eigenvalue weighted by molar-refractivity contribution is 7.18. The van der Waals surface area contributed by atoms with Crippen LogP contribution in [0.2, 0.25) is 0 Å². The smallest absolute Gasteiger partial charge is 0.255 e. The monoisotopic (exact) mass is 425 g/mol. The lowest BCUT2D eigenvalue weighted by Gasteiger charge is -2.22. The molecule has 1 aromatic heterocycles. The first kappa shape index (κ1) is 21.8. The molecule has 0 aliphatic rings. The number of hydrogen-bond donors (Lipinski definition) is 2. The Labute approximate surface area is 180 Å². The van der Waals surface area contributed by atoms with Crippen molar-refractivity contribution in [1.82, 2.24) is 15.6 Å². The van der Waals surface area contributed by atoms with Gasteiger partial charge in [0.2, 0.25) is 5.91 Å². The number of para-hydroxylation sites is 2. The van der Waals surface area contributed by atoms with Crippen LogP contribution < -0.4 is 15.4 Å². The highest BCUT2D eigenvalue weighted by Crippen LogP contribution is 2.22. The SMILES string of the molecule is COc1ccccc1C(=O)NC(C(=O)NCCCc1nc2ccccc2s1)C(C)C. The summed E-state index contributed by atoms with van der Waals surface area (Å²) in [4.78, 5) is 30.0. The summed E-state index contributed by atoms with van der Waals surface area (Å²) in [5, 5.41) is 6.85. The van der Waals surface area contributed by atoms with Crippen LogP contribution in [0, 0.1) is 5.92 Å². The molecule has 0 fully saturated rings. The molecule has 30 heavy (non-hydrogen) atoms. The van der Waals surface area contributed by atoms with Crippen LogP contribution >= 0.6 is 11.3 Å². The van der Waals surface area contributed by atoms with Crippen molar-refractivity contribution < 1.29 is 14.3 Å². The van der Waals surface area contributed by atoms with Crippen molar-refractivity contribution >= 4 is 33.4 Å². The molecule has 158 valence electrons. The summed E-state index contributed by atoms with van der Waals surface area (Å²) < 4.78 is 6.42. The lowest BCUT2D eigenvalue weighted by Crippen LogP contribution is -2.50. The molecule has 1 unspecified atom stereocenters. The number of ether oxygens (including phenoxy) is 1. The number of thiazole rings is 1. The quantitative estimate of drug-likeness (QED) is 0.511. The predicted octanol–water partition coefficient (Wildman–Crippen LogP) is 3.81. The Hall–Kier alpha value is -2.93. The van der Waals surface area contributed by atoms with E-state index in [2.05, 4.69) is 21.7 Å². The van der Waals surface area contributed by atoms with Crippen LogP contribution in [-0.2, 0) is 11.2 Å². The summed E-state index contributed by atoms with van der Waals surface area (Å²) in [7, 11) is 1.52. The van der Waals surface area contributed by atoms with Crippen LogP contribution in [-0.4, -0.2) is 36.5 Å². The van der Waals surface area contributed by atoms with Gasteiger partial charge in [0.25, 0.3) is 5.91 Å². The Kier molecular flexibility index (Phi) is 7.41. The van der Waals surface area contributed by atoms with Gasteiger partial charge in [-0.2, -0.15) is 0 Å². The number of nitrogens with zero attached hydrogens (tertiary/aromatic N) is 1. The number of carbonyl (C=O) groups is 2. The summed E-state index contributed by atoms with van der Waals surface area (Å²) in [5.41, 5.74) is 1.43. The Bertz CT molecular complexity index is 983. The van der Waals surface area contributed by atoms with E-state index in [-0.39, 0.29) is 17.7 Å². The number of amides is 2. The highest BCUT2D eigenvalue weighted by atomic mass is 32.1. The second-order valence-electron chi connectivity index (χ2n) is 7.37. The molecule has 3 rings (SSSR count). The van der Waals surface area contributed by atoms with E-state index in [9.17, 15) is 9.59 Å². The summed E-state index contributed by atoms with van der Waals surface area (Å²) >= 11 is 1.68. The minimum absolute atomic E-state index is 0.0482. The molecule has 1 heterocycles. The predicted molar refractivity (Wildman–Crippen MR) is 120 cm³/mol. The molecule has 7 heteroatoms. The van der Waals surface area contributed by atoms with E-state index in [0.717, 1.165) is 23.4 Å². The van der Waals surface area contributed by atoms with Crippen molar-refractivity contribution in [1.29, 1.82) is 0 Å². The van der Waals surface area contributed by atoms with E-state index in [0.29, 0.717) is 17.9 Å². The Morgan fingerprint density at radius 1 is 1.10 bits per heavy atom. The van der Waals surface area contributed by atoms with Crippen molar-refractivity contribution in [3.8, 4) is 5.75 Å². The molecule has 2 amide bonds. The maximum Gasteiger partial charge on any atom is 0.255 e. The normalized spacial score (nSPS) is 12.0. The Balaban J connectivity index is 1.53. The minimum Gasteiger partial charge on any atom is -0.496 e. The largest absolute Gasteiger partial charge is 0.496 e. The number of nitrogens with one attached hydrogen (secondary N) is 2. The Morgan fingerprint density at radius 2 is 1.83 bits per heavy atom. The van der Waals surface area contributed by atoms with Gasteiger partial charge in [0.15, 0.2) is 0 Å². The van der Waals surface area contributed by atoms with Gasteiger partial charge in [0, 0.05) is 13.0 Å². The second-order valence-corrected chi connectivity index (χ2v) is 8.48. The van der Waals surface area contributed by atoms with E-state index in [1.54, 1.807) is 35.6 Å².